The first kappa shape index (κ1) is 17.3. The van der Waals surface area contributed by atoms with E-state index in [-0.39, 0.29) is 11.9 Å². The van der Waals surface area contributed by atoms with E-state index in [2.05, 4.69) is 10.1 Å². The Kier molecular flexibility index (Phi) is 5.08. The number of rotatable bonds is 4. The third-order valence-electron chi connectivity index (χ3n) is 5.14. The first-order valence-electron chi connectivity index (χ1n) is 9.32. The van der Waals surface area contributed by atoms with E-state index in [4.69, 9.17) is 13.7 Å². The minimum absolute atomic E-state index is 0.00679. The van der Waals surface area contributed by atoms with Gasteiger partial charge in [0.05, 0.1) is 31.4 Å². The fourth-order valence-corrected chi connectivity index (χ4v) is 3.75. The highest BCUT2D eigenvalue weighted by Gasteiger charge is 2.31. The molecule has 0 aliphatic carbocycles. The largest absolute Gasteiger partial charge is 0.467 e. The molecule has 7 heteroatoms. The Morgan fingerprint density at radius 2 is 2.08 bits per heavy atom. The van der Waals surface area contributed by atoms with Crippen molar-refractivity contribution in [3.05, 3.63) is 41.2 Å². The molecule has 0 bridgehead atoms. The van der Waals surface area contributed by atoms with E-state index in [0.29, 0.717) is 12.1 Å². The van der Waals surface area contributed by atoms with E-state index >= 15 is 0 Å². The van der Waals surface area contributed by atoms with Crippen molar-refractivity contribution in [3.8, 4) is 0 Å². The fraction of sp³-hybridized carbons (Fsp3) is 0.579. The molecule has 4 rings (SSSR count). The Hall–Kier alpha value is -2.12. The van der Waals surface area contributed by atoms with E-state index in [1.165, 1.54) is 0 Å². The van der Waals surface area contributed by atoms with Crippen LogP contribution in [0.4, 0.5) is 0 Å². The number of carbonyl (C=O) groups excluding carboxylic acids is 1. The summed E-state index contributed by atoms with van der Waals surface area (Å²) in [7, 11) is 0. The van der Waals surface area contributed by atoms with Gasteiger partial charge in [0.15, 0.2) is 0 Å². The van der Waals surface area contributed by atoms with Crippen LogP contribution in [-0.4, -0.2) is 53.7 Å². The molecule has 0 spiro atoms. The van der Waals surface area contributed by atoms with Crippen molar-refractivity contribution in [2.45, 2.75) is 38.8 Å². The number of amides is 1. The molecule has 0 aromatic carbocycles. The average molecular weight is 359 g/mol. The van der Waals surface area contributed by atoms with Gasteiger partial charge in [0.2, 0.25) is 0 Å². The summed E-state index contributed by atoms with van der Waals surface area (Å²) in [5.74, 6) is 1.60. The van der Waals surface area contributed by atoms with E-state index in [1.807, 2.05) is 24.0 Å². The molecule has 2 aliphatic rings. The van der Waals surface area contributed by atoms with Crippen LogP contribution in [-0.2, 0) is 11.3 Å². The van der Waals surface area contributed by atoms with Crippen molar-refractivity contribution in [3.63, 3.8) is 0 Å². The zero-order chi connectivity index (χ0) is 17.9. The second kappa shape index (κ2) is 7.63. The van der Waals surface area contributed by atoms with Crippen LogP contribution in [0.3, 0.4) is 0 Å². The Bertz CT molecular complexity index is 748. The number of aryl methyl sites for hydroxylation is 1. The number of furan rings is 1. The summed E-state index contributed by atoms with van der Waals surface area (Å²) in [5.41, 5.74) is 1.45. The summed E-state index contributed by atoms with van der Waals surface area (Å²) < 4.78 is 16.2. The summed E-state index contributed by atoms with van der Waals surface area (Å²) in [6, 6.07) is 3.78. The molecule has 2 aromatic rings. The molecular weight excluding hydrogens is 334 g/mol. The second-order valence-corrected chi connectivity index (χ2v) is 7.06. The third-order valence-corrected chi connectivity index (χ3v) is 5.14. The van der Waals surface area contributed by atoms with Gasteiger partial charge in [-0.25, -0.2) is 0 Å². The molecule has 0 N–H and O–H groups in total. The number of piperidine rings is 1. The second-order valence-electron chi connectivity index (χ2n) is 7.06. The minimum Gasteiger partial charge on any atom is -0.467 e. The third kappa shape index (κ3) is 3.68. The van der Waals surface area contributed by atoms with Crippen LogP contribution in [0.25, 0.3) is 0 Å². The summed E-state index contributed by atoms with van der Waals surface area (Å²) in [4.78, 5) is 17.3. The molecule has 140 valence electrons. The molecule has 0 radical (unpaired) electrons. The van der Waals surface area contributed by atoms with Gasteiger partial charge in [0.1, 0.15) is 23.5 Å². The number of nitrogens with zero attached hydrogens (tertiary/aromatic N) is 3. The molecule has 1 amide bonds. The molecule has 7 nitrogen and oxygen atoms in total. The number of carbonyl (C=O) groups is 1. The van der Waals surface area contributed by atoms with Crippen molar-refractivity contribution >= 4 is 5.91 Å². The predicted octanol–water partition coefficient (Wildman–Crippen LogP) is 2.78. The molecular formula is C19H25N3O4. The molecule has 1 unspecified atom stereocenters. The molecule has 0 saturated carbocycles. The number of aromatic nitrogens is 1. The fourth-order valence-electron chi connectivity index (χ4n) is 3.75. The molecule has 2 aromatic heterocycles. The lowest BCUT2D eigenvalue weighted by Crippen LogP contribution is -2.38. The number of likely N-dealkylation sites (tertiary alicyclic amines) is 1. The van der Waals surface area contributed by atoms with E-state index < -0.39 is 0 Å². The van der Waals surface area contributed by atoms with Crippen molar-refractivity contribution < 1.29 is 18.5 Å². The van der Waals surface area contributed by atoms with E-state index in [9.17, 15) is 4.79 Å². The predicted molar refractivity (Wildman–Crippen MR) is 93.7 cm³/mol. The molecule has 1 atom stereocenters. The number of morpholine rings is 1. The van der Waals surface area contributed by atoms with E-state index in [1.54, 1.807) is 6.26 Å². The van der Waals surface area contributed by atoms with Crippen LogP contribution in [0.2, 0.25) is 0 Å². The summed E-state index contributed by atoms with van der Waals surface area (Å²) in [6.45, 7) is 6.60. The first-order valence-corrected chi connectivity index (χ1v) is 9.32. The maximum atomic E-state index is 13.1. The Morgan fingerprint density at radius 3 is 2.85 bits per heavy atom. The molecule has 26 heavy (non-hydrogen) atoms. The van der Waals surface area contributed by atoms with Gasteiger partial charge in [-0.05, 0) is 32.3 Å². The maximum absolute atomic E-state index is 13.1. The molecule has 2 fully saturated rings. The van der Waals surface area contributed by atoms with Gasteiger partial charge in [-0.2, -0.15) is 0 Å². The van der Waals surface area contributed by atoms with Gasteiger partial charge >= 0.3 is 0 Å². The van der Waals surface area contributed by atoms with E-state index in [0.717, 1.165) is 69.3 Å². The maximum Gasteiger partial charge on any atom is 0.257 e. The smallest absolute Gasteiger partial charge is 0.257 e. The van der Waals surface area contributed by atoms with Crippen molar-refractivity contribution in [2.24, 2.45) is 0 Å². The first-order chi connectivity index (χ1) is 12.7. The van der Waals surface area contributed by atoms with Gasteiger partial charge in [-0.3, -0.25) is 9.69 Å². The molecule has 4 heterocycles. The average Bonchev–Trinajstić information content (AvgIpc) is 3.31. The van der Waals surface area contributed by atoms with Crippen molar-refractivity contribution in [2.75, 3.05) is 32.8 Å². The number of hydrogen-bond acceptors (Lipinski definition) is 6. The van der Waals surface area contributed by atoms with Crippen LogP contribution < -0.4 is 0 Å². The number of ether oxygens (including phenoxy) is 1. The lowest BCUT2D eigenvalue weighted by atomic mass is 9.98. The highest BCUT2D eigenvalue weighted by molar-refractivity contribution is 5.94. The van der Waals surface area contributed by atoms with Crippen LogP contribution in [0.1, 0.15) is 52.9 Å². The lowest BCUT2D eigenvalue weighted by molar-refractivity contribution is 0.0313. The van der Waals surface area contributed by atoms with Gasteiger partial charge < -0.3 is 18.6 Å². The highest BCUT2D eigenvalue weighted by atomic mass is 16.5. The monoisotopic (exact) mass is 359 g/mol. The van der Waals surface area contributed by atoms with Gasteiger partial charge in [-0.15, -0.1) is 0 Å². The zero-order valence-corrected chi connectivity index (χ0v) is 15.1. The van der Waals surface area contributed by atoms with Gasteiger partial charge in [-0.1, -0.05) is 5.16 Å². The molecule has 2 aliphatic heterocycles. The van der Waals surface area contributed by atoms with Gasteiger partial charge in [0, 0.05) is 25.7 Å². The minimum atomic E-state index is -0.0220. The van der Waals surface area contributed by atoms with Crippen molar-refractivity contribution in [1.82, 2.24) is 15.0 Å². The standard InChI is InChI=1S/C19H25N3O4/c1-14-10-17(20-26-14)18-4-2-3-5-22(18)19(23)15-11-16(25-13-15)12-21-6-8-24-9-7-21/h10-11,13,18H,2-9,12H2,1H3. The van der Waals surface area contributed by atoms with Crippen LogP contribution >= 0.6 is 0 Å². The topological polar surface area (TPSA) is 72.0 Å². The lowest BCUT2D eigenvalue weighted by Gasteiger charge is -2.34. The summed E-state index contributed by atoms with van der Waals surface area (Å²) >= 11 is 0. The normalized spacial score (nSPS) is 21.9. The van der Waals surface area contributed by atoms with Crippen molar-refractivity contribution in [1.29, 1.82) is 0 Å². The summed E-state index contributed by atoms with van der Waals surface area (Å²) in [6.07, 6.45) is 4.60. The highest BCUT2D eigenvalue weighted by Crippen LogP contribution is 2.32. The van der Waals surface area contributed by atoms with Crippen LogP contribution in [0.5, 0.6) is 0 Å². The van der Waals surface area contributed by atoms with Crippen LogP contribution in [0.15, 0.2) is 27.3 Å². The Morgan fingerprint density at radius 1 is 1.23 bits per heavy atom. The van der Waals surface area contributed by atoms with Gasteiger partial charge in [0.25, 0.3) is 5.91 Å². The Labute approximate surface area is 152 Å². The Balaban J connectivity index is 1.47. The van der Waals surface area contributed by atoms with Crippen LogP contribution in [0, 0.1) is 6.92 Å². The molecule has 2 saturated heterocycles. The quantitative estimate of drug-likeness (QED) is 0.836. The zero-order valence-electron chi connectivity index (χ0n) is 15.1. The SMILES string of the molecule is Cc1cc(C2CCCCN2C(=O)c2coc(CN3CCOCC3)c2)no1. The number of hydrogen-bond donors (Lipinski definition) is 0. The summed E-state index contributed by atoms with van der Waals surface area (Å²) in [5, 5.41) is 4.14.